The quantitative estimate of drug-likeness (QED) is 0.501. The van der Waals surface area contributed by atoms with Gasteiger partial charge in [-0.3, -0.25) is 0 Å². The van der Waals surface area contributed by atoms with E-state index in [0.717, 1.165) is 23.0 Å². The van der Waals surface area contributed by atoms with E-state index in [-0.39, 0.29) is 11.5 Å². The normalized spacial score (nSPS) is 10.6. The Kier molecular flexibility index (Phi) is 1.93. The number of phenolic OH excluding ortho intramolecular Hbond substituents is 2. The van der Waals surface area contributed by atoms with Crippen molar-refractivity contribution in [2.75, 3.05) is 0 Å². The number of nitrogens with one attached hydrogen (secondary N) is 1. The maximum atomic E-state index is 9.27. The van der Waals surface area contributed by atoms with E-state index >= 15 is 0 Å². The third-order valence-corrected chi connectivity index (χ3v) is 2.14. The van der Waals surface area contributed by atoms with Gasteiger partial charge in [0, 0.05) is 29.1 Å². The van der Waals surface area contributed by atoms with E-state index in [1.165, 1.54) is 12.1 Å². The number of rotatable bonds is 2. The Morgan fingerprint density at radius 2 is 1.93 bits per heavy atom. The summed E-state index contributed by atoms with van der Waals surface area (Å²) in [6.07, 6.45) is 2.54. The molecule has 3 N–H and O–H groups in total. The lowest BCUT2D eigenvalue weighted by Gasteiger charge is -1.95. The molecule has 3 heteroatoms. The molecule has 0 saturated heterocycles. The van der Waals surface area contributed by atoms with Gasteiger partial charge >= 0.3 is 0 Å². The van der Waals surface area contributed by atoms with Crippen molar-refractivity contribution in [3.63, 3.8) is 0 Å². The van der Waals surface area contributed by atoms with E-state index in [0.29, 0.717) is 0 Å². The first-order valence-electron chi connectivity index (χ1n) is 4.35. The summed E-state index contributed by atoms with van der Waals surface area (Å²) >= 11 is 0. The third-order valence-electron chi connectivity index (χ3n) is 2.14. The zero-order valence-electron chi connectivity index (χ0n) is 7.62. The highest BCUT2D eigenvalue weighted by Crippen LogP contribution is 2.30. The van der Waals surface area contributed by atoms with Crippen LogP contribution in [-0.4, -0.2) is 15.2 Å². The molecular formula is C11H11NO2. The summed E-state index contributed by atoms with van der Waals surface area (Å²) in [6, 6.07) is 4.97. The minimum atomic E-state index is -0.107. The predicted molar refractivity (Wildman–Crippen MR) is 55.5 cm³/mol. The summed E-state index contributed by atoms with van der Waals surface area (Å²) in [5.74, 6) is -0.203. The van der Waals surface area contributed by atoms with Crippen molar-refractivity contribution in [1.82, 2.24) is 4.98 Å². The smallest absolute Gasteiger partial charge is 0.159 e. The molecule has 0 atom stereocenters. The molecule has 0 saturated carbocycles. The van der Waals surface area contributed by atoms with Gasteiger partial charge in [-0.2, -0.15) is 0 Å². The molecular weight excluding hydrogens is 178 g/mol. The predicted octanol–water partition coefficient (Wildman–Crippen LogP) is 2.31. The molecule has 0 fully saturated rings. The third kappa shape index (κ3) is 1.33. The fourth-order valence-corrected chi connectivity index (χ4v) is 1.48. The fraction of sp³-hybridized carbons (Fsp3) is 0.0909. The summed E-state index contributed by atoms with van der Waals surface area (Å²) in [7, 11) is 0. The molecule has 1 aromatic heterocycles. The molecule has 0 radical (unpaired) electrons. The Morgan fingerprint density at radius 1 is 1.21 bits per heavy atom. The lowest BCUT2D eigenvalue weighted by atomic mass is 10.2. The van der Waals surface area contributed by atoms with Crippen molar-refractivity contribution in [3.8, 4) is 11.5 Å². The number of fused-ring (bicyclic) bond motifs is 1. The van der Waals surface area contributed by atoms with E-state index in [4.69, 9.17) is 0 Å². The average Bonchev–Trinajstić information content (AvgIpc) is 2.48. The Morgan fingerprint density at radius 3 is 2.64 bits per heavy atom. The van der Waals surface area contributed by atoms with Crippen molar-refractivity contribution in [1.29, 1.82) is 0 Å². The lowest BCUT2D eigenvalue weighted by Crippen LogP contribution is -1.77. The van der Waals surface area contributed by atoms with Gasteiger partial charge in [0.1, 0.15) is 0 Å². The summed E-state index contributed by atoms with van der Waals surface area (Å²) in [5.41, 5.74) is 1.83. The van der Waals surface area contributed by atoms with E-state index in [1.807, 2.05) is 6.07 Å². The largest absolute Gasteiger partial charge is 0.504 e. The van der Waals surface area contributed by atoms with Gasteiger partial charge in [-0.1, -0.05) is 6.08 Å². The molecule has 0 amide bonds. The molecule has 0 unspecified atom stereocenters. The van der Waals surface area contributed by atoms with Crippen LogP contribution in [0.2, 0.25) is 0 Å². The molecule has 0 aliphatic carbocycles. The topological polar surface area (TPSA) is 56.2 Å². The van der Waals surface area contributed by atoms with Gasteiger partial charge in [0.15, 0.2) is 11.5 Å². The van der Waals surface area contributed by atoms with Crippen molar-refractivity contribution in [2.24, 2.45) is 0 Å². The van der Waals surface area contributed by atoms with Gasteiger partial charge in [-0.15, -0.1) is 6.58 Å². The van der Waals surface area contributed by atoms with Crippen LogP contribution in [-0.2, 0) is 6.42 Å². The molecule has 2 aromatic rings. The molecule has 1 heterocycles. The first-order valence-corrected chi connectivity index (χ1v) is 4.35. The van der Waals surface area contributed by atoms with Crippen LogP contribution in [0.3, 0.4) is 0 Å². The number of phenols is 2. The number of hydrogen-bond acceptors (Lipinski definition) is 2. The second-order valence-corrected chi connectivity index (χ2v) is 3.22. The number of aromatic amines is 1. The van der Waals surface area contributed by atoms with Gasteiger partial charge in [0.2, 0.25) is 0 Å². The Hall–Kier alpha value is -1.90. The van der Waals surface area contributed by atoms with Gasteiger partial charge in [-0.05, 0) is 12.1 Å². The zero-order chi connectivity index (χ0) is 10.1. The van der Waals surface area contributed by atoms with Gasteiger partial charge < -0.3 is 15.2 Å². The maximum absolute atomic E-state index is 9.27. The summed E-state index contributed by atoms with van der Waals surface area (Å²) in [6.45, 7) is 3.64. The zero-order valence-corrected chi connectivity index (χ0v) is 7.62. The van der Waals surface area contributed by atoms with Crippen LogP contribution >= 0.6 is 0 Å². The molecule has 2 rings (SSSR count). The van der Waals surface area contributed by atoms with Crippen LogP contribution in [0, 0.1) is 0 Å². The lowest BCUT2D eigenvalue weighted by molar-refractivity contribution is 0.405. The van der Waals surface area contributed by atoms with Crippen LogP contribution in [0.4, 0.5) is 0 Å². The van der Waals surface area contributed by atoms with Crippen LogP contribution in [0.25, 0.3) is 10.9 Å². The van der Waals surface area contributed by atoms with Crippen LogP contribution < -0.4 is 0 Å². The van der Waals surface area contributed by atoms with E-state index in [2.05, 4.69) is 11.6 Å². The van der Waals surface area contributed by atoms with E-state index in [9.17, 15) is 10.2 Å². The highest BCUT2D eigenvalue weighted by Gasteiger charge is 2.04. The highest BCUT2D eigenvalue weighted by molar-refractivity contribution is 5.84. The molecule has 0 bridgehead atoms. The molecule has 1 aromatic carbocycles. The molecule has 3 nitrogen and oxygen atoms in total. The summed E-state index contributed by atoms with van der Waals surface area (Å²) in [5, 5.41) is 19.4. The van der Waals surface area contributed by atoms with E-state index in [1.54, 1.807) is 6.08 Å². The minimum absolute atomic E-state index is 0.0957. The van der Waals surface area contributed by atoms with Gasteiger partial charge in [-0.25, -0.2) is 0 Å². The van der Waals surface area contributed by atoms with Crippen molar-refractivity contribution < 1.29 is 10.2 Å². The van der Waals surface area contributed by atoms with E-state index < -0.39 is 0 Å². The Balaban J connectivity index is 2.59. The van der Waals surface area contributed by atoms with Crippen LogP contribution in [0.1, 0.15) is 5.69 Å². The minimum Gasteiger partial charge on any atom is -0.504 e. The first kappa shape index (κ1) is 8.69. The second-order valence-electron chi connectivity index (χ2n) is 3.22. The summed E-state index contributed by atoms with van der Waals surface area (Å²) in [4.78, 5) is 3.12. The number of hydrogen-bond donors (Lipinski definition) is 3. The average molecular weight is 189 g/mol. The number of H-pyrrole nitrogens is 1. The standard InChI is InChI=1S/C11H11NO2/c1-2-3-8-4-7-5-10(13)11(14)6-9(7)12-8/h2,4-6,12-14H,1,3H2. The molecule has 72 valence electrons. The van der Waals surface area contributed by atoms with Crippen molar-refractivity contribution >= 4 is 10.9 Å². The second kappa shape index (κ2) is 3.10. The highest BCUT2D eigenvalue weighted by atomic mass is 16.3. The van der Waals surface area contributed by atoms with Crippen LogP contribution in [0.15, 0.2) is 30.9 Å². The Bertz CT molecular complexity index is 446. The SMILES string of the molecule is C=CCc1cc2cc(O)c(O)cc2[nH]1. The van der Waals surface area contributed by atoms with Gasteiger partial charge in [0.25, 0.3) is 0 Å². The number of allylic oxidation sites excluding steroid dienone is 1. The fourth-order valence-electron chi connectivity index (χ4n) is 1.48. The maximum Gasteiger partial charge on any atom is 0.159 e. The number of aromatic hydroxyl groups is 2. The number of aromatic nitrogens is 1. The van der Waals surface area contributed by atoms with Crippen molar-refractivity contribution in [3.05, 3.63) is 36.5 Å². The summed E-state index contributed by atoms with van der Waals surface area (Å²) < 4.78 is 0. The first-order chi connectivity index (χ1) is 6.70. The monoisotopic (exact) mass is 189 g/mol. The van der Waals surface area contributed by atoms with Crippen molar-refractivity contribution in [2.45, 2.75) is 6.42 Å². The molecule has 14 heavy (non-hydrogen) atoms. The molecule has 0 aliphatic rings. The molecule has 0 spiro atoms. The molecule has 0 aliphatic heterocycles. The van der Waals surface area contributed by atoms with Crippen LogP contribution in [0.5, 0.6) is 11.5 Å². The Labute approximate surface area is 81.3 Å². The van der Waals surface area contributed by atoms with Gasteiger partial charge in [0.05, 0.1) is 0 Å². The number of benzene rings is 1.